The summed E-state index contributed by atoms with van der Waals surface area (Å²) in [4.78, 5) is 0. The summed E-state index contributed by atoms with van der Waals surface area (Å²) in [6, 6.07) is 54.1. The van der Waals surface area contributed by atoms with Crippen molar-refractivity contribution in [2.45, 2.75) is 0 Å². The average molecular weight is 593 g/mol. The summed E-state index contributed by atoms with van der Waals surface area (Å²) in [5.74, 6) is 0. The van der Waals surface area contributed by atoms with Crippen molar-refractivity contribution in [3.05, 3.63) is 146 Å². The van der Waals surface area contributed by atoms with Crippen molar-refractivity contribution in [3.8, 4) is 22.3 Å². The number of benzene rings is 8. The van der Waals surface area contributed by atoms with E-state index in [0.29, 0.717) is 0 Å². The molecule has 0 nitrogen and oxygen atoms in total. The summed E-state index contributed by atoms with van der Waals surface area (Å²) in [7, 11) is 0. The van der Waals surface area contributed by atoms with Crippen LogP contribution in [0.3, 0.4) is 0 Å². The molecule has 0 unspecified atom stereocenters. The maximum absolute atomic E-state index is 2.42. The summed E-state index contributed by atoms with van der Waals surface area (Å²) in [5, 5.41) is 13.2. The van der Waals surface area contributed by atoms with E-state index in [9.17, 15) is 0 Å². The number of hydrogen-bond donors (Lipinski definition) is 0. The van der Waals surface area contributed by atoms with Crippen LogP contribution in [0.2, 0.25) is 0 Å². The number of fused-ring (bicyclic) bond motifs is 9. The molecule has 0 saturated carbocycles. The minimum absolute atomic E-state index is 1.26. The van der Waals surface area contributed by atoms with Crippen LogP contribution in [0.15, 0.2) is 146 Å². The van der Waals surface area contributed by atoms with E-state index in [1.807, 2.05) is 22.7 Å². The minimum Gasteiger partial charge on any atom is -0.135 e. The molecule has 2 heteroatoms. The predicted molar refractivity (Wildman–Crippen MR) is 196 cm³/mol. The molecule has 44 heavy (non-hydrogen) atoms. The van der Waals surface area contributed by atoms with Crippen molar-refractivity contribution in [2.75, 3.05) is 0 Å². The molecule has 0 bridgehead atoms. The standard InChI is InChI=1S/C42H24S2/c1-2-10-25(11-3-1)41-31-13-4-6-15-33(31)42(34-16-7-5-14-32(34)41)26-18-19-30-36-21-27-20-35-29-12-8-9-17-37(29)43-39(35)23-28(27)24-40(36)44-38(30)22-26/h1-24H. The fourth-order valence-corrected chi connectivity index (χ4v) is 9.56. The summed E-state index contributed by atoms with van der Waals surface area (Å²) in [5.41, 5.74) is 5.15. The Morgan fingerprint density at radius 3 is 1.36 bits per heavy atom. The molecule has 0 amide bonds. The third-order valence-electron chi connectivity index (χ3n) is 9.21. The fourth-order valence-electron chi connectivity index (χ4n) is 7.25. The Morgan fingerprint density at radius 2 is 0.727 bits per heavy atom. The SMILES string of the molecule is c1ccc(-c2c3ccccc3c(-c3ccc4c(c3)sc3cc5cc6sc7ccccc7c6cc5cc34)c3ccccc23)cc1. The van der Waals surface area contributed by atoms with E-state index in [4.69, 9.17) is 0 Å². The molecular formula is C42H24S2. The van der Waals surface area contributed by atoms with Crippen molar-refractivity contribution >= 4 is 95.3 Å². The summed E-state index contributed by atoms with van der Waals surface area (Å²) < 4.78 is 5.40. The highest BCUT2D eigenvalue weighted by Crippen LogP contribution is 2.46. The van der Waals surface area contributed by atoms with Crippen molar-refractivity contribution in [1.82, 2.24) is 0 Å². The molecule has 0 spiro atoms. The third kappa shape index (κ3) is 3.50. The third-order valence-corrected chi connectivity index (χ3v) is 11.5. The Bertz CT molecular complexity index is 2700. The van der Waals surface area contributed by atoms with Gasteiger partial charge in [-0.05, 0) is 91.0 Å². The van der Waals surface area contributed by atoms with Gasteiger partial charge in [0.15, 0.2) is 0 Å². The molecule has 10 rings (SSSR count). The van der Waals surface area contributed by atoms with Gasteiger partial charge in [0.05, 0.1) is 0 Å². The second-order valence-corrected chi connectivity index (χ2v) is 13.8. The van der Waals surface area contributed by atoms with Crippen molar-refractivity contribution in [1.29, 1.82) is 0 Å². The van der Waals surface area contributed by atoms with Crippen LogP contribution in [0.5, 0.6) is 0 Å². The highest BCUT2D eigenvalue weighted by Gasteiger charge is 2.17. The van der Waals surface area contributed by atoms with Gasteiger partial charge in [-0.2, -0.15) is 0 Å². The first-order valence-electron chi connectivity index (χ1n) is 15.0. The molecule has 0 N–H and O–H groups in total. The van der Waals surface area contributed by atoms with Gasteiger partial charge in [-0.25, -0.2) is 0 Å². The average Bonchev–Trinajstić information content (AvgIpc) is 3.61. The van der Waals surface area contributed by atoms with Gasteiger partial charge in [0.2, 0.25) is 0 Å². The zero-order valence-electron chi connectivity index (χ0n) is 23.7. The van der Waals surface area contributed by atoms with Crippen LogP contribution in [0.4, 0.5) is 0 Å². The fraction of sp³-hybridized carbons (Fsp3) is 0. The van der Waals surface area contributed by atoms with E-state index in [1.165, 1.54) is 94.9 Å². The van der Waals surface area contributed by atoms with E-state index < -0.39 is 0 Å². The summed E-state index contributed by atoms with van der Waals surface area (Å²) in [6.07, 6.45) is 0. The number of hydrogen-bond acceptors (Lipinski definition) is 2. The second-order valence-electron chi connectivity index (χ2n) is 11.7. The lowest BCUT2D eigenvalue weighted by molar-refractivity contribution is 1.66. The Labute approximate surface area is 262 Å². The van der Waals surface area contributed by atoms with Crippen LogP contribution >= 0.6 is 22.7 Å². The Morgan fingerprint density at radius 1 is 0.273 bits per heavy atom. The van der Waals surface area contributed by atoms with Gasteiger partial charge in [0, 0.05) is 40.3 Å². The molecule has 204 valence electrons. The lowest BCUT2D eigenvalue weighted by atomic mass is 9.86. The largest absolute Gasteiger partial charge is 0.135 e. The summed E-state index contributed by atoms with van der Waals surface area (Å²) in [6.45, 7) is 0. The second kappa shape index (κ2) is 9.24. The monoisotopic (exact) mass is 592 g/mol. The molecule has 0 saturated heterocycles. The Hall–Kier alpha value is -5.02. The van der Waals surface area contributed by atoms with Crippen molar-refractivity contribution < 1.29 is 0 Å². The molecule has 0 aliphatic rings. The molecule has 0 aliphatic carbocycles. The zero-order chi connectivity index (χ0) is 28.8. The highest BCUT2D eigenvalue weighted by molar-refractivity contribution is 7.26. The highest BCUT2D eigenvalue weighted by atomic mass is 32.1. The molecule has 8 aromatic carbocycles. The van der Waals surface area contributed by atoms with Crippen LogP contribution in [0.25, 0.3) is 94.9 Å². The first kappa shape index (κ1) is 24.4. The maximum Gasteiger partial charge on any atom is 0.0361 e. The van der Waals surface area contributed by atoms with E-state index in [-0.39, 0.29) is 0 Å². The van der Waals surface area contributed by atoms with Gasteiger partial charge in [-0.1, -0.05) is 109 Å². The van der Waals surface area contributed by atoms with Crippen LogP contribution in [-0.2, 0) is 0 Å². The quantitative estimate of drug-likeness (QED) is 0.175. The molecular weight excluding hydrogens is 569 g/mol. The smallest absolute Gasteiger partial charge is 0.0361 e. The van der Waals surface area contributed by atoms with Gasteiger partial charge in [0.1, 0.15) is 0 Å². The van der Waals surface area contributed by atoms with Crippen molar-refractivity contribution in [3.63, 3.8) is 0 Å². The number of thiophene rings is 2. The molecule has 0 radical (unpaired) electrons. The van der Waals surface area contributed by atoms with Crippen molar-refractivity contribution in [2.24, 2.45) is 0 Å². The van der Waals surface area contributed by atoms with Gasteiger partial charge in [-0.3, -0.25) is 0 Å². The lowest BCUT2D eigenvalue weighted by Crippen LogP contribution is -1.90. The van der Waals surface area contributed by atoms with Crippen LogP contribution in [0, 0.1) is 0 Å². The zero-order valence-corrected chi connectivity index (χ0v) is 25.3. The van der Waals surface area contributed by atoms with Crippen LogP contribution < -0.4 is 0 Å². The van der Waals surface area contributed by atoms with Gasteiger partial charge >= 0.3 is 0 Å². The maximum atomic E-state index is 2.42. The first-order chi connectivity index (χ1) is 21.8. The van der Waals surface area contributed by atoms with E-state index in [2.05, 4.69) is 146 Å². The first-order valence-corrected chi connectivity index (χ1v) is 16.6. The predicted octanol–water partition coefficient (Wildman–Crippen LogP) is 13.2. The normalized spacial score (nSPS) is 12.1. The van der Waals surface area contributed by atoms with E-state index in [1.54, 1.807) is 0 Å². The lowest BCUT2D eigenvalue weighted by Gasteiger charge is -2.17. The van der Waals surface area contributed by atoms with Gasteiger partial charge in [0.25, 0.3) is 0 Å². The molecule has 2 heterocycles. The molecule has 0 aliphatic heterocycles. The molecule has 0 fully saturated rings. The summed E-state index contributed by atoms with van der Waals surface area (Å²) >= 11 is 3.80. The van der Waals surface area contributed by atoms with Crippen LogP contribution in [-0.4, -0.2) is 0 Å². The Kier molecular flexibility index (Phi) is 5.13. The molecule has 10 aromatic rings. The Balaban J connectivity index is 1.22. The molecule has 0 atom stereocenters. The number of rotatable bonds is 2. The van der Waals surface area contributed by atoms with Gasteiger partial charge < -0.3 is 0 Å². The van der Waals surface area contributed by atoms with Gasteiger partial charge in [-0.15, -0.1) is 22.7 Å². The minimum atomic E-state index is 1.26. The van der Waals surface area contributed by atoms with Crippen LogP contribution in [0.1, 0.15) is 0 Å². The van der Waals surface area contributed by atoms with E-state index >= 15 is 0 Å². The topological polar surface area (TPSA) is 0 Å². The van der Waals surface area contributed by atoms with E-state index in [0.717, 1.165) is 0 Å². The molecule has 2 aromatic heterocycles.